The second kappa shape index (κ2) is 6.69. The number of benzene rings is 1. The number of nitrogens with zero attached hydrogens (tertiary/aromatic N) is 2. The average molecular weight is 316 g/mol. The van der Waals surface area contributed by atoms with Crippen molar-refractivity contribution in [2.45, 2.75) is 32.8 Å². The van der Waals surface area contributed by atoms with Crippen LogP contribution in [0.3, 0.4) is 0 Å². The average Bonchev–Trinajstić information content (AvgIpc) is 2.54. The molecule has 1 N–H and O–H groups in total. The molecule has 0 spiro atoms. The first kappa shape index (κ1) is 16.8. The quantitative estimate of drug-likeness (QED) is 0.918. The van der Waals surface area contributed by atoms with Crippen LogP contribution in [0.5, 0.6) is 5.75 Å². The van der Waals surface area contributed by atoms with Crippen LogP contribution < -0.4 is 4.74 Å². The number of hydrogen-bond acceptors (Lipinski definition) is 4. The molecule has 1 fully saturated rings. The van der Waals surface area contributed by atoms with Crippen LogP contribution in [-0.4, -0.2) is 41.1 Å². The Balaban J connectivity index is 2.08. The summed E-state index contributed by atoms with van der Waals surface area (Å²) in [5, 5.41) is 18.4. The molecule has 23 heavy (non-hydrogen) atoms. The number of hydrogen-bond donors (Lipinski definition) is 1. The van der Waals surface area contributed by atoms with Crippen LogP contribution in [0.1, 0.15) is 32.3 Å². The summed E-state index contributed by atoms with van der Waals surface area (Å²) < 4.78 is 5.62. The molecule has 1 amide bonds. The van der Waals surface area contributed by atoms with Gasteiger partial charge in [0.05, 0.1) is 11.0 Å². The predicted molar refractivity (Wildman–Crippen MR) is 82.8 cm³/mol. The molecule has 2 rings (SSSR count). The molecule has 2 unspecified atom stereocenters. The standard InChI is InChI=1S/C17H20N2O4/c1-12(23-14-7-4-3-6-13(14)10-18)15(20)19-9-5-8-17(2,11-19)16(21)22/h3-4,6-7,12H,5,8-9,11H2,1-2H3,(H,21,22). The summed E-state index contributed by atoms with van der Waals surface area (Å²) in [6.45, 7) is 3.97. The summed E-state index contributed by atoms with van der Waals surface area (Å²) in [6, 6.07) is 8.73. The second-order valence-electron chi connectivity index (χ2n) is 6.10. The highest BCUT2D eigenvalue weighted by Crippen LogP contribution is 2.30. The number of para-hydroxylation sites is 1. The van der Waals surface area contributed by atoms with Crippen molar-refractivity contribution in [2.75, 3.05) is 13.1 Å². The number of carbonyl (C=O) groups is 2. The highest BCUT2D eigenvalue weighted by atomic mass is 16.5. The van der Waals surface area contributed by atoms with E-state index in [1.807, 2.05) is 6.07 Å². The van der Waals surface area contributed by atoms with Gasteiger partial charge < -0.3 is 14.7 Å². The van der Waals surface area contributed by atoms with Crippen molar-refractivity contribution in [1.82, 2.24) is 4.90 Å². The fraction of sp³-hybridized carbons (Fsp3) is 0.471. The predicted octanol–water partition coefficient (Wildman–Crippen LogP) is 2.04. The van der Waals surface area contributed by atoms with Crippen LogP contribution in [0.25, 0.3) is 0 Å². The van der Waals surface area contributed by atoms with Crippen LogP contribution in [0.15, 0.2) is 24.3 Å². The molecule has 1 aromatic rings. The molecular formula is C17H20N2O4. The van der Waals surface area contributed by atoms with Gasteiger partial charge in [0.15, 0.2) is 6.10 Å². The third kappa shape index (κ3) is 3.62. The molecule has 0 bridgehead atoms. The molecule has 1 heterocycles. The van der Waals surface area contributed by atoms with E-state index in [-0.39, 0.29) is 12.5 Å². The summed E-state index contributed by atoms with van der Waals surface area (Å²) >= 11 is 0. The summed E-state index contributed by atoms with van der Waals surface area (Å²) in [7, 11) is 0. The van der Waals surface area contributed by atoms with Crippen LogP contribution >= 0.6 is 0 Å². The molecule has 6 nitrogen and oxygen atoms in total. The molecule has 0 aromatic heterocycles. The number of aliphatic carboxylic acids is 1. The molecule has 0 radical (unpaired) electrons. The zero-order valence-electron chi connectivity index (χ0n) is 13.3. The monoisotopic (exact) mass is 316 g/mol. The fourth-order valence-electron chi connectivity index (χ4n) is 2.76. The maximum absolute atomic E-state index is 12.5. The van der Waals surface area contributed by atoms with Gasteiger partial charge in [-0.1, -0.05) is 12.1 Å². The van der Waals surface area contributed by atoms with Gasteiger partial charge in [-0.05, 0) is 38.8 Å². The molecule has 1 aliphatic heterocycles. The number of likely N-dealkylation sites (tertiary alicyclic amines) is 1. The highest BCUT2D eigenvalue weighted by molar-refractivity contribution is 5.82. The lowest BCUT2D eigenvalue weighted by molar-refractivity contribution is -0.155. The van der Waals surface area contributed by atoms with Crippen molar-refractivity contribution in [3.05, 3.63) is 29.8 Å². The number of ether oxygens (including phenoxy) is 1. The lowest BCUT2D eigenvalue weighted by Gasteiger charge is -2.38. The molecule has 6 heteroatoms. The minimum Gasteiger partial charge on any atom is -0.481 e. The molecule has 1 saturated heterocycles. The number of carboxylic acids is 1. The summed E-state index contributed by atoms with van der Waals surface area (Å²) in [5.41, 5.74) is -0.556. The molecule has 0 saturated carbocycles. The van der Waals surface area contributed by atoms with Crippen LogP contribution in [0, 0.1) is 16.7 Å². The van der Waals surface area contributed by atoms with Crippen LogP contribution in [0.2, 0.25) is 0 Å². The van der Waals surface area contributed by atoms with Gasteiger partial charge in [-0.2, -0.15) is 5.26 Å². The number of amides is 1. The van der Waals surface area contributed by atoms with E-state index in [9.17, 15) is 14.7 Å². The normalized spacial score (nSPS) is 22.0. The van der Waals surface area contributed by atoms with Crippen molar-refractivity contribution in [1.29, 1.82) is 5.26 Å². The molecule has 1 aliphatic rings. The van der Waals surface area contributed by atoms with Gasteiger partial charge in [0.25, 0.3) is 5.91 Å². The van der Waals surface area contributed by atoms with Gasteiger partial charge >= 0.3 is 5.97 Å². The summed E-state index contributed by atoms with van der Waals surface area (Å²) in [4.78, 5) is 25.5. The maximum atomic E-state index is 12.5. The van der Waals surface area contributed by atoms with E-state index < -0.39 is 17.5 Å². The van der Waals surface area contributed by atoms with E-state index in [2.05, 4.69) is 0 Å². The number of piperidine rings is 1. The number of rotatable bonds is 4. The SMILES string of the molecule is CC(Oc1ccccc1C#N)C(=O)N1CCCC(C)(C(=O)O)C1. The third-order valence-corrected chi connectivity index (χ3v) is 4.18. The van der Waals surface area contributed by atoms with Gasteiger partial charge in [0.1, 0.15) is 11.8 Å². The van der Waals surface area contributed by atoms with E-state index in [1.54, 1.807) is 38.1 Å². The number of carboxylic acid groups (broad SMARTS) is 1. The molecule has 0 aliphatic carbocycles. The summed E-state index contributed by atoms with van der Waals surface area (Å²) in [5.74, 6) is -0.794. The Morgan fingerprint density at radius 3 is 2.78 bits per heavy atom. The van der Waals surface area contributed by atoms with E-state index in [4.69, 9.17) is 10.00 Å². The zero-order chi connectivity index (χ0) is 17.0. The van der Waals surface area contributed by atoms with Crippen LogP contribution in [-0.2, 0) is 9.59 Å². The largest absolute Gasteiger partial charge is 0.481 e. The minimum atomic E-state index is -0.918. The van der Waals surface area contributed by atoms with E-state index in [1.165, 1.54) is 4.90 Å². The molecule has 1 aromatic carbocycles. The second-order valence-corrected chi connectivity index (χ2v) is 6.10. The zero-order valence-corrected chi connectivity index (χ0v) is 13.3. The Morgan fingerprint density at radius 2 is 2.13 bits per heavy atom. The Hall–Kier alpha value is -2.55. The highest BCUT2D eigenvalue weighted by Gasteiger charge is 2.40. The van der Waals surface area contributed by atoms with E-state index in [0.717, 1.165) is 0 Å². The maximum Gasteiger partial charge on any atom is 0.311 e. The molecular weight excluding hydrogens is 296 g/mol. The first-order valence-electron chi connectivity index (χ1n) is 7.55. The van der Waals surface area contributed by atoms with Crippen molar-refractivity contribution >= 4 is 11.9 Å². The first-order valence-corrected chi connectivity index (χ1v) is 7.55. The first-order chi connectivity index (χ1) is 10.9. The van der Waals surface area contributed by atoms with Crippen LogP contribution in [0.4, 0.5) is 0 Å². The lowest BCUT2D eigenvalue weighted by atomic mass is 9.82. The van der Waals surface area contributed by atoms with E-state index >= 15 is 0 Å². The molecule has 122 valence electrons. The van der Waals surface area contributed by atoms with Crippen molar-refractivity contribution in [2.24, 2.45) is 5.41 Å². The smallest absolute Gasteiger partial charge is 0.311 e. The Kier molecular flexibility index (Phi) is 4.89. The van der Waals surface area contributed by atoms with Gasteiger partial charge in [0, 0.05) is 13.1 Å². The third-order valence-electron chi connectivity index (χ3n) is 4.18. The lowest BCUT2D eigenvalue weighted by Crippen LogP contribution is -2.51. The Morgan fingerprint density at radius 1 is 1.43 bits per heavy atom. The van der Waals surface area contributed by atoms with Crippen molar-refractivity contribution in [3.63, 3.8) is 0 Å². The van der Waals surface area contributed by atoms with Gasteiger partial charge in [0.2, 0.25) is 0 Å². The van der Waals surface area contributed by atoms with Crippen molar-refractivity contribution in [3.8, 4) is 11.8 Å². The topological polar surface area (TPSA) is 90.6 Å². The van der Waals surface area contributed by atoms with Gasteiger partial charge in [-0.25, -0.2) is 0 Å². The minimum absolute atomic E-state index is 0.175. The number of carbonyl (C=O) groups excluding carboxylic acids is 1. The van der Waals surface area contributed by atoms with E-state index in [0.29, 0.717) is 30.7 Å². The van der Waals surface area contributed by atoms with Crippen molar-refractivity contribution < 1.29 is 19.4 Å². The fourth-order valence-corrected chi connectivity index (χ4v) is 2.76. The van der Waals surface area contributed by atoms with Gasteiger partial charge in [-0.3, -0.25) is 9.59 Å². The molecule has 2 atom stereocenters. The summed E-state index contributed by atoms with van der Waals surface area (Å²) in [6.07, 6.45) is 0.426. The Bertz CT molecular complexity index is 652. The van der Waals surface area contributed by atoms with Gasteiger partial charge in [-0.15, -0.1) is 0 Å². The Labute approximate surface area is 135 Å². The number of nitriles is 1.